The Morgan fingerprint density at radius 1 is 0.893 bits per heavy atom. The monoisotopic (exact) mass is 491 g/mol. The average Bonchev–Trinajstić information content (AvgIpc) is 2.58. The SMILES string of the molecule is CN(c1ccc(C(O)(C(F)(F)F)C(F)(F)F)cc1)S(=O)(=O)c1ccccc1Br. The third-order valence-corrected chi connectivity index (χ3v) is 6.74. The van der Waals surface area contributed by atoms with Gasteiger partial charge in [0.1, 0.15) is 4.90 Å². The summed E-state index contributed by atoms with van der Waals surface area (Å²) in [7, 11) is -3.06. The summed E-state index contributed by atoms with van der Waals surface area (Å²) < 4.78 is 104. The molecule has 0 aromatic heterocycles. The maximum Gasteiger partial charge on any atom is 0.430 e. The molecule has 0 aliphatic rings. The van der Waals surface area contributed by atoms with Gasteiger partial charge in [-0.1, -0.05) is 24.3 Å². The largest absolute Gasteiger partial charge is 0.430 e. The predicted molar refractivity (Wildman–Crippen MR) is 92.2 cm³/mol. The summed E-state index contributed by atoms with van der Waals surface area (Å²) >= 11 is 3.07. The van der Waals surface area contributed by atoms with E-state index in [9.17, 15) is 39.9 Å². The van der Waals surface area contributed by atoms with Gasteiger partial charge in [0.05, 0.1) is 5.69 Å². The smallest absolute Gasteiger partial charge is 0.369 e. The molecule has 2 aromatic carbocycles. The number of sulfonamides is 1. The van der Waals surface area contributed by atoms with E-state index in [1.807, 2.05) is 0 Å². The number of hydrogen-bond donors (Lipinski definition) is 1. The molecule has 0 fully saturated rings. The second-order valence-corrected chi connectivity index (χ2v) is 8.45. The second-order valence-electron chi connectivity index (χ2n) is 5.66. The highest BCUT2D eigenvalue weighted by Crippen LogP contribution is 2.50. The summed E-state index contributed by atoms with van der Waals surface area (Å²) in [6, 6.07) is 7.98. The molecule has 0 aliphatic carbocycles. The Kier molecular flexibility index (Phi) is 5.81. The number of benzene rings is 2. The standard InChI is InChI=1S/C16H12BrF6NO3S/c1-24(28(26,27)13-5-3-2-4-12(13)17)11-8-6-10(7-9-11)14(25,15(18,19)20)16(21,22)23/h2-9,25H,1H3. The lowest BCUT2D eigenvalue weighted by Gasteiger charge is -2.33. The van der Waals surface area contributed by atoms with Gasteiger partial charge in [-0.2, -0.15) is 26.3 Å². The first kappa shape index (κ1) is 22.5. The van der Waals surface area contributed by atoms with E-state index in [0.717, 1.165) is 19.2 Å². The van der Waals surface area contributed by atoms with Crippen LogP contribution in [0.25, 0.3) is 0 Å². The number of rotatable bonds is 4. The van der Waals surface area contributed by atoms with Crippen molar-refractivity contribution in [2.45, 2.75) is 22.8 Å². The topological polar surface area (TPSA) is 57.6 Å². The molecule has 12 heteroatoms. The fourth-order valence-electron chi connectivity index (χ4n) is 2.34. The molecule has 0 saturated carbocycles. The van der Waals surface area contributed by atoms with Crippen molar-refractivity contribution in [1.82, 2.24) is 0 Å². The molecule has 0 heterocycles. The molecule has 0 atom stereocenters. The molecule has 4 nitrogen and oxygen atoms in total. The highest BCUT2D eigenvalue weighted by atomic mass is 79.9. The Morgan fingerprint density at radius 2 is 1.36 bits per heavy atom. The van der Waals surface area contributed by atoms with Crippen molar-refractivity contribution in [2.75, 3.05) is 11.4 Å². The normalized spacial score (nSPS) is 13.5. The Balaban J connectivity index is 2.48. The minimum atomic E-state index is -6.03. The van der Waals surface area contributed by atoms with E-state index in [2.05, 4.69) is 15.9 Å². The van der Waals surface area contributed by atoms with Gasteiger partial charge in [0.15, 0.2) is 0 Å². The van der Waals surface area contributed by atoms with E-state index >= 15 is 0 Å². The average molecular weight is 492 g/mol. The molecule has 0 saturated heterocycles. The van der Waals surface area contributed by atoms with E-state index in [4.69, 9.17) is 0 Å². The van der Waals surface area contributed by atoms with Gasteiger partial charge in [0.25, 0.3) is 15.6 Å². The van der Waals surface area contributed by atoms with Crippen LogP contribution in [0.4, 0.5) is 32.0 Å². The quantitative estimate of drug-likeness (QED) is 0.636. The Labute approximate surface area is 164 Å². The molecule has 0 amide bonds. The highest BCUT2D eigenvalue weighted by molar-refractivity contribution is 9.10. The van der Waals surface area contributed by atoms with Crippen LogP contribution >= 0.6 is 15.9 Å². The van der Waals surface area contributed by atoms with Gasteiger partial charge >= 0.3 is 12.4 Å². The first-order chi connectivity index (χ1) is 12.6. The van der Waals surface area contributed by atoms with Gasteiger partial charge < -0.3 is 5.11 Å². The van der Waals surface area contributed by atoms with Gasteiger partial charge in [0.2, 0.25) is 0 Å². The lowest BCUT2D eigenvalue weighted by atomic mass is 9.92. The van der Waals surface area contributed by atoms with E-state index in [0.29, 0.717) is 16.4 Å². The van der Waals surface area contributed by atoms with Crippen LogP contribution in [0, 0.1) is 0 Å². The number of aliphatic hydroxyl groups is 1. The fourth-order valence-corrected chi connectivity index (χ4v) is 4.50. The Morgan fingerprint density at radius 3 is 1.79 bits per heavy atom. The van der Waals surface area contributed by atoms with Gasteiger partial charge in [-0.25, -0.2) is 8.42 Å². The molecular weight excluding hydrogens is 480 g/mol. The zero-order chi connectivity index (χ0) is 21.5. The molecule has 28 heavy (non-hydrogen) atoms. The highest BCUT2D eigenvalue weighted by Gasteiger charge is 2.71. The molecular formula is C16H12BrF6NO3S. The summed E-state index contributed by atoms with van der Waals surface area (Å²) in [5.41, 5.74) is -6.77. The number of hydrogen-bond acceptors (Lipinski definition) is 3. The van der Waals surface area contributed by atoms with Gasteiger partial charge in [-0.15, -0.1) is 0 Å². The maximum absolute atomic E-state index is 12.9. The molecule has 0 unspecified atom stereocenters. The number of anilines is 1. The van der Waals surface area contributed by atoms with Crippen molar-refractivity contribution in [3.8, 4) is 0 Å². The molecule has 2 rings (SSSR count). The van der Waals surface area contributed by atoms with Crippen LogP contribution in [0.15, 0.2) is 57.9 Å². The van der Waals surface area contributed by atoms with E-state index < -0.39 is 33.5 Å². The van der Waals surface area contributed by atoms with Crippen molar-refractivity contribution < 1.29 is 39.9 Å². The zero-order valence-electron chi connectivity index (χ0n) is 13.9. The number of alkyl halides is 6. The van der Waals surface area contributed by atoms with E-state index in [1.165, 1.54) is 18.2 Å². The summed E-state index contributed by atoms with van der Waals surface area (Å²) in [5.74, 6) is 0. The van der Waals surface area contributed by atoms with Crippen LogP contribution in [-0.4, -0.2) is 32.9 Å². The van der Waals surface area contributed by atoms with E-state index in [-0.39, 0.29) is 15.1 Å². The predicted octanol–water partition coefficient (Wildman–Crippen LogP) is 4.59. The van der Waals surface area contributed by atoms with Gasteiger partial charge in [-0.3, -0.25) is 4.31 Å². The number of nitrogens with zero attached hydrogens (tertiary/aromatic N) is 1. The minimum absolute atomic E-state index is 0.149. The molecule has 0 aliphatic heterocycles. The van der Waals surface area contributed by atoms with Crippen LogP contribution in [0.2, 0.25) is 0 Å². The van der Waals surface area contributed by atoms with Gasteiger partial charge in [-0.05, 0) is 40.2 Å². The summed E-state index contributed by atoms with van der Waals surface area (Å²) in [6.07, 6.45) is -12.1. The van der Waals surface area contributed by atoms with Crippen LogP contribution in [0.1, 0.15) is 5.56 Å². The summed E-state index contributed by atoms with van der Waals surface area (Å²) in [5, 5.41) is 9.37. The van der Waals surface area contributed by atoms with Crippen LogP contribution in [0.3, 0.4) is 0 Å². The molecule has 0 bridgehead atoms. The lowest BCUT2D eigenvalue weighted by molar-refractivity contribution is -0.376. The summed E-state index contributed by atoms with van der Waals surface area (Å²) in [4.78, 5) is -0.149. The number of halogens is 7. The Hall–Kier alpha value is -1.79. The molecule has 0 spiro atoms. The van der Waals surface area contributed by atoms with E-state index in [1.54, 1.807) is 6.07 Å². The summed E-state index contributed by atoms with van der Waals surface area (Å²) in [6.45, 7) is 0. The zero-order valence-corrected chi connectivity index (χ0v) is 16.3. The second kappa shape index (κ2) is 7.23. The minimum Gasteiger partial charge on any atom is -0.369 e. The molecule has 2 aromatic rings. The lowest BCUT2D eigenvalue weighted by Crippen LogP contribution is -2.53. The first-order valence-corrected chi connectivity index (χ1v) is 9.57. The first-order valence-electron chi connectivity index (χ1n) is 7.34. The third kappa shape index (κ3) is 3.72. The van der Waals surface area contributed by atoms with Gasteiger partial charge in [0, 0.05) is 17.1 Å². The molecule has 1 N–H and O–H groups in total. The van der Waals surface area contributed by atoms with Crippen LogP contribution < -0.4 is 4.31 Å². The van der Waals surface area contributed by atoms with Crippen molar-refractivity contribution >= 4 is 31.6 Å². The third-order valence-electron chi connectivity index (χ3n) is 3.94. The van der Waals surface area contributed by atoms with Crippen molar-refractivity contribution in [3.63, 3.8) is 0 Å². The van der Waals surface area contributed by atoms with Crippen molar-refractivity contribution in [1.29, 1.82) is 0 Å². The van der Waals surface area contributed by atoms with Crippen LogP contribution in [-0.2, 0) is 15.6 Å². The Bertz CT molecular complexity index is 944. The fraction of sp³-hybridized carbons (Fsp3) is 0.250. The maximum atomic E-state index is 12.9. The van der Waals surface area contributed by atoms with Crippen LogP contribution in [0.5, 0.6) is 0 Å². The van der Waals surface area contributed by atoms with Crippen molar-refractivity contribution in [3.05, 3.63) is 58.6 Å². The van der Waals surface area contributed by atoms with Crippen molar-refractivity contribution in [2.24, 2.45) is 0 Å². The molecule has 0 radical (unpaired) electrons. The molecule has 154 valence electrons.